The van der Waals surface area contributed by atoms with Gasteiger partial charge in [-0.3, -0.25) is 4.79 Å². The summed E-state index contributed by atoms with van der Waals surface area (Å²) < 4.78 is 0. The van der Waals surface area contributed by atoms with Crippen molar-refractivity contribution >= 4 is 11.7 Å². The summed E-state index contributed by atoms with van der Waals surface area (Å²) in [5.41, 5.74) is 0.550. The van der Waals surface area contributed by atoms with Crippen molar-refractivity contribution in [3.63, 3.8) is 0 Å². The highest BCUT2D eigenvalue weighted by Crippen LogP contribution is 2.19. The fourth-order valence-corrected chi connectivity index (χ4v) is 2.94. The molecule has 1 aromatic heterocycles. The van der Waals surface area contributed by atoms with Crippen molar-refractivity contribution in [1.82, 2.24) is 10.3 Å². The van der Waals surface area contributed by atoms with E-state index in [0.717, 1.165) is 51.0 Å². The standard InChI is InChI=1S/C17H27N3O2/c1-3-11-20(4-2)16-10-9-13(12-18-16)17(22)19-14-7-5-6-8-15(14)21/h9-10,12,14-15,21H,3-8,11H2,1-2H3,(H,19,22). The maximum atomic E-state index is 12.3. The van der Waals surface area contributed by atoms with E-state index in [1.165, 1.54) is 0 Å². The number of aliphatic hydroxyl groups excluding tert-OH is 1. The number of hydrogen-bond donors (Lipinski definition) is 2. The molecule has 0 saturated heterocycles. The lowest BCUT2D eigenvalue weighted by Crippen LogP contribution is -2.45. The lowest BCUT2D eigenvalue weighted by Gasteiger charge is -2.28. The lowest BCUT2D eigenvalue weighted by molar-refractivity contribution is 0.0717. The van der Waals surface area contributed by atoms with Crippen LogP contribution < -0.4 is 10.2 Å². The van der Waals surface area contributed by atoms with Gasteiger partial charge in [0.2, 0.25) is 0 Å². The maximum Gasteiger partial charge on any atom is 0.253 e. The Hall–Kier alpha value is -1.62. The van der Waals surface area contributed by atoms with Crippen LogP contribution in [0, 0.1) is 0 Å². The van der Waals surface area contributed by atoms with E-state index in [-0.39, 0.29) is 11.9 Å². The van der Waals surface area contributed by atoms with Gasteiger partial charge in [-0.2, -0.15) is 0 Å². The molecule has 0 spiro atoms. The molecule has 1 aliphatic rings. The molecule has 1 fully saturated rings. The van der Waals surface area contributed by atoms with E-state index in [2.05, 4.69) is 29.0 Å². The second kappa shape index (κ2) is 8.13. The molecule has 5 heteroatoms. The van der Waals surface area contributed by atoms with Crippen LogP contribution in [0.2, 0.25) is 0 Å². The number of aromatic nitrogens is 1. The Kier molecular flexibility index (Phi) is 6.19. The fourth-order valence-electron chi connectivity index (χ4n) is 2.94. The minimum absolute atomic E-state index is 0.131. The average molecular weight is 305 g/mol. The number of hydrogen-bond acceptors (Lipinski definition) is 4. The summed E-state index contributed by atoms with van der Waals surface area (Å²) in [5, 5.41) is 12.9. The normalized spacial score (nSPS) is 21.4. The summed E-state index contributed by atoms with van der Waals surface area (Å²) in [7, 11) is 0. The number of rotatable bonds is 6. The molecule has 2 unspecified atom stereocenters. The molecule has 5 nitrogen and oxygen atoms in total. The van der Waals surface area contributed by atoms with E-state index < -0.39 is 6.10 Å². The third-order valence-electron chi connectivity index (χ3n) is 4.26. The van der Waals surface area contributed by atoms with Gasteiger partial charge in [-0.1, -0.05) is 19.8 Å². The van der Waals surface area contributed by atoms with Crippen molar-refractivity contribution in [3.8, 4) is 0 Å². The number of pyridine rings is 1. The van der Waals surface area contributed by atoms with Gasteiger partial charge in [0.25, 0.3) is 5.91 Å². The van der Waals surface area contributed by atoms with Crippen LogP contribution in [-0.4, -0.2) is 41.2 Å². The molecular weight excluding hydrogens is 278 g/mol. The van der Waals surface area contributed by atoms with Crippen LogP contribution in [0.15, 0.2) is 18.3 Å². The number of anilines is 1. The summed E-state index contributed by atoms with van der Waals surface area (Å²) in [6.45, 7) is 6.10. The van der Waals surface area contributed by atoms with Gasteiger partial charge in [-0.05, 0) is 38.3 Å². The van der Waals surface area contributed by atoms with E-state index in [1.807, 2.05) is 12.1 Å². The van der Waals surface area contributed by atoms with E-state index in [4.69, 9.17) is 0 Å². The van der Waals surface area contributed by atoms with Crippen LogP contribution in [-0.2, 0) is 0 Å². The van der Waals surface area contributed by atoms with Crippen LogP contribution >= 0.6 is 0 Å². The van der Waals surface area contributed by atoms with E-state index in [1.54, 1.807) is 6.20 Å². The largest absolute Gasteiger partial charge is 0.391 e. The quantitative estimate of drug-likeness (QED) is 0.847. The molecule has 1 saturated carbocycles. The van der Waals surface area contributed by atoms with E-state index in [9.17, 15) is 9.90 Å². The Balaban J connectivity index is 1.98. The molecule has 1 amide bonds. The molecule has 1 aromatic rings. The number of nitrogens with zero attached hydrogens (tertiary/aromatic N) is 2. The molecule has 0 bridgehead atoms. The first-order valence-electron chi connectivity index (χ1n) is 8.35. The van der Waals surface area contributed by atoms with Crippen molar-refractivity contribution in [2.75, 3.05) is 18.0 Å². The monoisotopic (exact) mass is 305 g/mol. The highest BCUT2D eigenvalue weighted by atomic mass is 16.3. The number of carbonyl (C=O) groups is 1. The minimum atomic E-state index is -0.426. The van der Waals surface area contributed by atoms with Crippen LogP contribution in [0.3, 0.4) is 0 Å². The Morgan fingerprint density at radius 2 is 2.14 bits per heavy atom. The Morgan fingerprint density at radius 3 is 2.73 bits per heavy atom. The van der Waals surface area contributed by atoms with Gasteiger partial charge in [-0.15, -0.1) is 0 Å². The Bertz CT molecular complexity index is 475. The van der Waals surface area contributed by atoms with Crippen LogP contribution in [0.5, 0.6) is 0 Å². The van der Waals surface area contributed by atoms with Gasteiger partial charge < -0.3 is 15.3 Å². The second-order valence-corrected chi connectivity index (χ2v) is 5.92. The molecule has 1 heterocycles. The van der Waals surface area contributed by atoms with Crippen LogP contribution in [0.1, 0.15) is 56.3 Å². The first-order valence-corrected chi connectivity index (χ1v) is 8.35. The molecule has 2 rings (SSSR count). The smallest absolute Gasteiger partial charge is 0.253 e. The summed E-state index contributed by atoms with van der Waals surface area (Å²) in [5.74, 6) is 0.752. The molecular formula is C17H27N3O2. The molecule has 122 valence electrons. The lowest BCUT2D eigenvalue weighted by atomic mass is 9.92. The zero-order valence-electron chi connectivity index (χ0n) is 13.6. The minimum Gasteiger partial charge on any atom is -0.391 e. The van der Waals surface area contributed by atoms with E-state index >= 15 is 0 Å². The second-order valence-electron chi connectivity index (χ2n) is 5.92. The summed E-state index contributed by atoms with van der Waals surface area (Å²) in [4.78, 5) is 18.9. The number of nitrogens with one attached hydrogen (secondary N) is 1. The topological polar surface area (TPSA) is 65.5 Å². The van der Waals surface area contributed by atoms with Crippen molar-refractivity contribution in [2.24, 2.45) is 0 Å². The highest BCUT2D eigenvalue weighted by molar-refractivity contribution is 5.94. The molecule has 2 N–H and O–H groups in total. The molecule has 1 aliphatic carbocycles. The highest BCUT2D eigenvalue weighted by Gasteiger charge is 2.24. The first-order chi connectivity index (χ1) is 10.7. The number of amides is 1. The predicted molar refractivity (Wildman–Crippen MR) is 88.1 cm³/mol. The predicted octanol–water partition coefficient (Wildman–Crippen LogP) is 2.35. The summed E-state index contributed by atoms with van der Waals surface area (Å²) in [6, 6.07) is 3.57. The van der Waals surface area contributed by atoms with Gasteiger partial charge in [-0.25, -0.2) is 4.98 Å². The van der Waals surface area contributed by atoms with Gasteiger partial charge in [0.1, 0.15) is 5.82 Å². The van der Waals surface area contributed by atoms with Gasteiger partial charge in [0, 0.05) is 19.3 Å². The number of aliphatic hydroxyl groups is 1. The SMILES string of the molecule is CCCN(CC)c1ccc(C(=O)NC2CCCCC2O)cn1. The van der Waals surface area contributed by atoms with Gasteiger partial charge >= 0.3 is 0 Å². The zero-order valence-corrected chi connectivity index (χ0v) is 13.6. The van der Waals surface area contributed by atoms with Crippen molar-refractivity contribution in [3.05, 3.63) is 23.9 Å². The third kappa shape index (κ3) is 4.19. The molecule has 22 heavy (non-hydrogen) atoms. The van der Waals surface area contributed by atoms with Crippen molar-refractivity contribution in [2.45, 2.75) is 58.1 Å². The van der Waals surface area contributed by atoms with E-state index in [0.29, 0.717) is 5.56 Å². The summed E-state index contributed by atoms with van der Waals surface area (Å²) >= 11 is 0. The van der Waals surface area contributed by atoms with Gasteiger partial charge in [0.15, 0.2) is 0 Å². The molecule has 0 aliphatic heterocycles. The maximum absolute atomic E-state index is 12.3. The Morgan fingerprint density at radius 1 is 1.36 bits per heavy atom. The van der Waals surface area contributed by atoms with Crippen LogP contribution in [0.4, 0.5) is 5.82 Å². The molecule has 0 aromatic carbocycles. The Labute approximate surface area is 132 Å². The van der Waals surface area contributed by atoms with Crippen molar-refractivity contribution in [1.29, 1.82) is 0 Å². The zero-order chi connectivity index (χ0) is 15.9. The van der Waals surface area contributed by atoms with Crippen molar-refractivity contribution < 1.29 is 9.90 Å². The van der Waals surface area contributed by atoms with Crippen LogP contribution in [0.25, 0.3) is 0 Å². The molecule has 0 radical (unpaired) electrons. The molecule has 2 atom stereocenters. The number of carbonyl (C=O) groups excluding carboxylic acids is 1. The first kappa shape index (κ1) is 16.7. The summed E-state index contributed by atoms with van der Waals surface area (Å²) in [6.07, 6.45) is 5.97. The van der Waals surface area contributed by atoms with Gasteiger partial charge in [0.05, 0.1) is 17.7 Å². The average Bonchev–Trinajstić information content (AvgIpc) is 2.55. The third-order valence-corrected chi connectivity index (χ3v) is 4.26. The fraction of sp³-hybridized carbons (Fsp3) is 0.647.